The Hall–Kier alpha value is -1.76. The van der Waals surface area contributed by atoms with Crippen molar-refractivity contribution in [1.82, 2.24) is 0 Å². The Kier molecular flexibility index (Phi) is 2.88. The van der Waals surface area contributed by atoms with E-state index in [0.29, 0.717) is 0 Å². The van der Waals surface area contributed by atoms with Crippen LogP contribution in [0.25, 0.3) is 0 Å². The highest BCUT2D eigenvalue weighted by Crippen LogP contribution is 2.77. The summed E-state index contributed by atoms with van der Waals surface area (Å²) in [7, 11) is 0. The average Bonchev–Trinajstić information content (AvgIpc) is 3.43. The fraction of sp³-hybridized carbons (Fsp3) is 0.625. The van der Waals surface area contributed by atoms with Crippen LogP contribution in [0.4, 0.5) is 11.4 Å². The maximum absolute atomic E-state index is 3.89. The van der Waals surface area contributed by atoms with Crippen molar-refractivity contribution in [3.63, 3.8) is 0 Å². The standard InChI is InChI=1S/C32H35N/c1-3-27-17-5-21-9-23-7-19(15-31(21,23)13-17)29(27)11-25(1)33-26-2-4-28-18-6-22-10-24-8-20(30(28)12-26)16-32(22,24)14-18/h1-4,11-12,17-24,33H,5-10,13-16H2. The van der Waals surface area contributed by atoms with Gasteiger partial charge in [0.15, 0.2) is 0 Å². The minimum Gasteiger partial charge on any atom is -0.356 e. The SMILES string of the molecule is c1cc2c(cc1Nc1ccc3c(c1)C1CC4CC5CC3CC54C1)C1CC3CC4CC2CC43C1. The second-order valence-electron chi connectivity index (χ2n) is 14.1. The van der Waals surface area contributed by atoms with Crippen molar-refractivity contribution in [2.24, 2.45) is 34.5 Å². The van der Waals surface area contributed by atoms with E-state index in [-0.39, 0.29) is 0 Å². The summed E-state index contributed by atoms with van der Waals surface area (Å²) in [4.78, 5) is 0. The van der Waals surface area contributed by atoms with Crippen molar-refractivity contribution in [2.75, 3.05) is 5.32 Å². The normalized spacial score (nSPS) is 50.1. The largest absolute Gasteiger partial charge is 0.356 e. The molecule has 1 heteroatoms. The maximum Gasteiger partial charge on any atom is 0.0387 e. The molecule has 2 spiro atoms. The van der Waals surface area contributed by atoms with Gasteiger partial charge in [-0.05, 0) is 169 Å². The number of anilines is 2. The first-order chi connectivity index (χ1) is 16.2. The number of hydrogen-bond donors (Lipinski definition) is 1. The smallest absolute Gasteiger partial charge is 0.0387 e. The molecular formula is C32H35N. The lowest BCUT2D eigenvalue weighted by molar-refractivity contribution is 0.00321. The highest BCUT2D eigenvalue weighted by atomic mass is 14.9. The number of nitrogens with one attached hydrogen (secondary N) is 1. The minimum atomic E-state index is 0.761. The fourth-order valence-electron chi connectivity index (χ4n) is 12.2. The van der Waals surface area contributed by atoms with Crippen molar-refractivity contribution < 1.29 is 0 Å². The van der Waals surface area contributed by atoms with Crippen LogP contribution >= 0.6 is 0 Å². The average molecular weight is 434 g/mol. The zero-order chi connectivity index (χ0) is 21.1. The van der Waals surface area contributed by atoms with Crippen LogP contribution in [-0.4, -0.2) is 0 Å². The van der Waals surface area contributed by atoms with Crippen LogP contribution in [0.5, 0.6) is 0 Å². The molecule has 0 amide bonds. The Morgan fingerprint density at radius 3 is 1.30 bits per heavy atom. The molecule has 10 atom stereocenters. The molecule has 10 rings (SSSR count). The molecule has 2 aromatic carbocycles. The second kappa shape index (κ2) is 5.39. The van der Waals surface area contributed by atoms with Crippen molar-refractivity contribution in [2.45, 2.75) is 87.9 Å². The van der Waals surface area contributed by atoms with Crippen molar-refractivity contribution in [3.8, 4) is 0 Å². The topological polar surface area (TPSA) is 12.0 Å². The molecule has 6 fully saturated rings. The Morgan fingerprint density at radius 2 is 0.879 bits per heavy atom. The highest BCUT2D eigenvalue weighted by Gasteiger charge is 2.66. The molecule has 8 aliphatic carbocycles. The van der Waals surface area contributed by atoms with Crippen LogP contribution in [0.2, 0.25) is 0 Å². The zero-order valence-electron chi connectivity index (χ0n) is 19.7. The van der Waals surface area contributed by atoms with Crippen LogP contribution in [0.3, 0.4) is 0 Å². The Labute approximate surface area is 197 Å². The minimum absolute atomic E-state index is 0.761. The summed E-state index contributed by atoms with van der Waals surface area (Å²) < 4.78 is 0. The van der Waals surface area contributed by atoms with E-state index >= 15 is 0 Å². The second-order valence-corrected chi connectivity index (χ2v) is 14.1. The summed E-state index contributed by atoms with van der Waals surface area (Å²) >= 11 is 0. The van der Waals surface area contributed by atoms with Crippen LogP contribution in [0, 0.1) is 34.5 Å². The molecule has 10 unspecified atom stereocenters. The van der Waals surface area contributed by atoms with Gasteiger partial charge in [-0.3, -0.25) is 0 Å². The van der Waals surface area contributed by atoms with E-state index in [1.165, 1.54) is 62.7 Å². The third kappa shape index (κ3) is 1.91. The van der Waals surface area contributed by atoms with E-state index < -0.39 is 0 Å². The summed E-state index contributed by atoms with van der Waals surface area (Å²) in [5.74, 6) is 7.65. The van der Waals surface area contributed by atoms with Crippen LogP contribution in [0.15, 0.2) is 36.4 Å². The van der Waals surface area contributed by atoms with Crippen LogP contribution in [0.1, 0.15) is 110 Å². The Balaban J connectivity index is 1.01. The van der Waals surface area contributed by atoms with Gasteiger partial charge in [-0.25, -0.2) is 0 Å². The third-order valence-electron chi connectivity index (χ3n) is 13.4. The lowest BCUT2D eigenvalue weighted by atomic mass is 9.56. The summed E-state index contributed by atoms with van der Waals surface area (Å²) in [5, 5.41) is 3.89. The number of benzene rings is 2. The predicted molar refractivity (Wildman–Crippen MR) is 132 cm³/mol. The van der Waals surface area contributed by atoms with Crippen molar-refractivity contribution >= 4 is 11.4 Å². The van der Waals surface area contributed by atoms with Crippen molar-refractivity contribution in [1.29, 1.82) is 0 Å². The van der Waals surface area contributed by atoms with Crippen molar-refractivity contribution in [3.05, 3.63) is 58.7 Å². The molecule has 0 heterocycles. The first kappa shape index (κ1) is 17.6. The van der Waals surface area contributed by atoms with Gasteiger partial charge in [-0.1, -0.05) is 12.1 Å². The van der Waals surface area contributed by atoms with E-state index in [9.17, 15) is 0 Å². The first-order valence-electron chi connectivity index (χ1n) is 14.2. The summed E-state index contributed by atoms with van der Waals surface area (Å²) in [5.41, 5.74) is 11.1. The zero-order valence-corrected chi connectivity index (χ0v) is 19.7. The van der Waals surface area contributed by atoms with E-state index in [2.05, 4.69) is 41.7 Å². The summed E-state index contributed by atoms with van der Waals surface area (Å²) in [6, 6.07) is 15.0. The molecule has 1 N–H and O–H groups in total. The third-order valence-corrected chi connectivity index (χ3v) is 13.4. The van der Waals surface area contributed by atoms with E-state index in [1.807, 2.05) is 0 Å². The predicted octanol–water partition coefficient (Wildman–Crippen LogP) is 8.21. The molecule has 6 bridgehead atoms. The summed E-state index contributed by atoms with van der Waals surface area (Å²) in [6.45, 7) is 0. The molecule has 1 nitrogen and oxygen atoms in total. The first-order valence-corrected chi connectivity index (χ1v) is 14.2. The van der Waals surface area contributed by atoms with Gasteiger partial charge in [-0.15, -0.1) is 0 Å². The van der Waals surface area contributed by atoms with Gasteiger partial charge in [0.05, 0.1) is 0 Å². The Morgan fingerprint density at radius 1 is 0.485 bits per heavy atom. The van der Waals surface area contributed by atoms with Gasteiger partial charge in [-0.2, -0.15) is 0 Å². The molecule has 0 saturated heterocycles. The van der Waals surface area contributed by atoms with E-state index in [0.717, 1.165) is 58.2 Å². The molecular weight excluding hydrogens is 398 g/mol. The van der Waals surface area contributed by atoms with Gasteiger partial charge < -0.3 is 5.32 Å². The van der Waals surface area contributed by atoms with Crippen LogP contribution < -0.4 is 5.32 Å². The molecule has 2 aromatic rings. The maximum atomic E-state index is 3.89. The van der Waals surface area contributed by atoms with E-state index in [1.54, 1.807) is 35.1 Å². The Bertz CT molecular complexity index is 1150. The lowest BCUT2D eigenvalue weighted by Crippen LogP contribution is -2.41. The monoisotopic (exact) mass is 433 g/mol. The molecule has 6 saturated carbocycles. The van der Waals surface area contributed by atoms with Gasteiger partial charge in [0.1, 0.15) is 0 Å². The number of hydrogen-bond acceptors (Lipinski definition) is 1. The van der Waals surface area contributed by atoms with Crippen LogP contribution in [-0.2, 0) is 0 Å². The molecule has 0 aromatic heterocycles. The summed E-state index contributed by atoms with van der Waals surface area (Å²) in [6.07, 6.45) is 15.0. The fourth-order valence-corrected chi connectivity index (χ4v) is 12.2. The molecule has 0 aliphatic heterocycles. The highest BCUT2D eigenvalue weighted by molar-refractivity contribution is 5.64. The molecule has 168 valence electrons. The lowest BCUT2D eigenvalue weighted by Gasteiger charge is -2.48. The number of fused-ring (bicyclic) bond motifs is 10. The van der Waals surface area contributed by atoms with Gasteiger partial charge in [0.2, 0.25) is 0 Å². The van der Waals surface area contributed by atoms with Gasteiger partial charge >= 0.3 is 0 Å². The molecule has 0 radical (unpaired) electrons. The quantitative estimate of drug-likeness (QED) is 0.503. The van der Waals surface area contributed by atoms with E-state index in [4.69, 9.17) is 0 Å². The van der Waals surface area contributed by atoms with Gasteiger partial charge in [0.25, 0.3) is 0 Å². The van der Waals surface area contributed by atoms with Gasteiger partial charge in [0, 0.05) is 11.4 Å². The number of rotatable bonds is 2. The molecule has 8 aliphatic rings. The molecule has 33 heavy (non-hydrogen) atoms.